The van der Waals surface area contributed by atoms with E-state index in [2.05, 4.69) is 10.3 Å². The maximum absolute atomic E-state index is 14.5. The monoisotopic (exact) mass is 222 g/mol. The Bertz CT molecular complexity index is 318. The first kappa shape index (κ1) is 11.5. The molecule has 2 atom stereocenters. The van der Waals surface area contributed by atoms with Crippen molar-refractivity contribution in [2.45, 2.75) is 44.3 Å². The number of hydrogen-bond acceptors (Lipinski definition) is 2. The number of nitrogens with one attached hydrogen (secondary N) is 1. The highest BCUT2D eigenvalue weighted by Crippen LogP contribution is 2.31. The van der Waals surface area contributed by atoms with E-state index in [-0.39, 0.29) is 0 Å². The molecule has 1 fully saturated rings. The summed E-state index contributed by atoms with van der Waals surface area (Å²) in [4.78, 5) is 3.98. The third kappa shape index (κ3) is 2.79. The minimum absolute atomic E-state index is 0.309. The summed E-state index contributed by atoms with van der Waals surface area (Å²) < 4.78 is 14.5. The second-order valence-corrected chi connectivity index (χ2v) is 4.79. The molecule has 0 aliphatic carbocycles. The van der Waals surface area contributed by atoms with Crippen molar-refractivity contribution >= 4 is 0 Å². The van der Waals surface area contributed by atoms with E-state index < -0.39 is 5.67 Å². The van der Waals surface area contributed by atoms with Gasteiger partial charge in [-0.05, 0) is 32.4 Å². The molecule has 0 saturated carbocycles. The summed E-state index contributed by atoms with van der Waals surface area (Å²) in [5.74, 6) is 0. The summed E-state index contributed by atoms with van der Waals surface area (Å²) in [5, 5.41) is 3.38. The maximum atomic E-state index is 14.5. The number of hydrogen-bond donors (Lipinski definition) is 1. The van der Waals surface area contributed by atoms with E-state index in [1.807, 2.05) is 6.07 Å². The molecule has 0 amide bonds. The lowest BCUT2D eigenvalue weighted by atomic mass is 9.88. The molecule has 16 heavy (non-hydrogen) atoms. The topological polar surface area (TPSA) is 24.9 Å². The standard InChI is InChI=1S/C13H19FN2/c1-13(14,11-5-4-7-15-10-11)9-12-6-2-3-8-16-12/h4-5,7,10,12,16H,2-3,6,8-9H2,1H3. The Morgan fingerprint density at radius 2 is 2.44 bits per heavy atom. The fraction of sp³-hybridized carbons (Fsp3) is 0.615. The lowest BCUT2D eigenvalue weighted by molar-refractivity contribution is 0.146. The first-order chi connectivity index (χ1) is 7.68. The Morgan fingerprint density at radius 1 is 1.56 bits per heavy atom. The fourth-order valence-corrected chi connectivity index (χ4v) is 2.35. The summed E-state index contributed by atoms with van der Waals surface area (Å²) in [6, 6.07) is 3.92. The average Bonchev–Trinajstić information content (AvgIpc) is 2.31. The Hall–Kier alpha value is -0.960. The minimum atomic E-state index is -1.27. The predicted octanol–water partition coefficient (Wildman–Crippen LogP) is 2.80. The molecule has 2 unspecified atom stereocenters. The van der Waals surface area contributed by atoms with E-state index in [0.29, 0.717) is 18.0 Å². The molecule has 88 valence electrons. The molecule has 1 aliphatic heterocycles. The highest BCUT2D eigenvalue weighted by molar-refractivity contribution is 5.17. The van der Waals surface area contributed by atoms with Crippen molar-refractivity contribution in [3.8, 4) is 0 Å². The van der Waals surface area contributed by atoms with Crippen LogP contribution in [0.2, 0.25) is 0 Å². The molecule has 0 radical (unpaired) electrons. The van der Waals surface area contributed by atoms with Crippen molar-refractivity contribution in [1.29, 1.82) is 0 Å². The van der Waals surface area contributed by atoms with Crippen LogP contribution in [0.15, 0.2) is 24.5 Å². The lowest BCUT2D eigenvalue weighted by Crippen LogP contribution is -2.38. The molecule has 3 heteroatoms. The SMILES string of the molecule is CC(F)(CC1CCCCN1)c1cccnc1. The van der Waals surface area contributed by atoms with Crippen molar-refractivity contribution in [3.63, 3.8) is 0 Å². The number of aromatic nitrogens is 1. The molecule has 1 aliphatic rings. The van der Waals surface area contributed by atoms with Crippen molar-refractivity contribution in [2.75, 3.05) is 6.54 Å². The zero-order valence-electron chi connectivity index (χ0n) is 9.75. The van der Waals surface area contributed by atoms with Gasteiger partial charge in [0.05, 0.1) is 0 Å². The van der Waals surface area contributed by atoms with Gasteiger partial charge < -0.3 is 5.32 Å². The van der Waals surface area contributed by atoms with Gasteiger partial charge in [0.15, 0.2) is 0 Å². The van der Waals surface area contributed by atoms with Crippen molar-refractivity contribution in [1.82, 2.24) is 10.3 Å². The number of halogens is 1. The molecule has 0 bridgehead atoms. The first-order valence-electron chi connectivity index (χ1n) is 6.01. The third-order valence-electron chi connectivity index (χ3n) is 3.31. The van der Waals surface area contributed by atoms with Gasteiger partial charge in [0, 0.05) is 30.4 Å². The molecule has 2 rings (SSSR count). The normalized spacial score (nSPS) is 25.0. The largest absolute Gasteiger partial charge is 0.314 e. The smallest absolute Gasteiger partial charge is 0.136 e. The highest BCUT2D eigenvalue weighted by Gasteiger charge is 2.30. The van der Waals surface area contributed by atoms with Gasteiger partial charge in [-0.2, -0.15) is 0 Å². The molecular formula is C13H19FN2. The number of alkyl halides is 1. The molecule has 1 aromatic heterocycles. The van der Waals surface area contributed by atoms with Crippen LogP contribution in [0, 0.1) is 0 Å². The number of nitrogens with zero attached hydrogens (tertiary/aromatic N) is 1. The predicted molar refractivity (Wildman–Crippen MR) is 63.0 cm³/mol. The second kappa shape index (κ2) is 4.91. The highest BCUT2D eigenvalue weighted by atomic mass is 19.1. The van der Waals surface area contributed by atoms with Gasteiger partial charge in [-0.25, -0.2) is 4.39 Å². The summed E-state index contributed by atoms with van der Waals surface area (Å²) >= 11 is 0. The zero-order chi connectivity index (χ0) is 11.4. The van der Waals surface area contributed by atoms with Gasteiger partial charge in [-0.3, -0.25) is 4.98 Å². The van der Waals surface area contributed by atoms with Crippen LogP contribution in [-0.2, 0) is 5.67 Å². The van der Waals surface area contributed by atoms with Crippen LogP contribution in [0.4, 0.5) is 4.39 Å². The number of pyridine rings is 1. The summed E-state index contributed by atoms with van der Waals surface area (Å²) in [6.07, 6.45) is 7.35. The van der Waals surface area contributed by atoms with E-state index in [1.165, 1.54) is 12.8 Å². The molecule has 0 aromatic carbocycles. The van der Waals surface area contributed by atoms with Gasteiger partial charge in [-0.15, -0.1) is 0 Å². The third-order valence-corrected chi connectivity index (χ3v) is 3.31. The van der Waals surface area contributed by atoms with Gasteiger partial charge in [0.2, 0.25) is 0 Å². The zero-order valence-corrected chi connectivity index (χ0v) is 9.75. The van der Waals surface area contributed by atoms with Crippen molar-refractivity contribution in [2.24, 2.45) is 0 Å². The van der Waals surface area contributed by atoms with Crippen molar-refractivity contribution in [3.05, 3.63) is 30.1 Å². The van der Waals surface area contributed by atoms with Crippen LogP contribution in [0.3, 0.4) is 0 Å². The summed E-state index contributed by atoms with van der Waals surface area (Å²) in [6.45, 7) is 2.67. The summed E-state index contributed by atoms with van der Waals surface area (Å²) in [5.41, 5.74) is -0.592. The van der Waals surface area contributed by atoms with Crippen LogP contribution < -0.4 is 5.32 Å². The van der Waals surface area contributed by atoms with E-state index in [9.17, 15) is 4.39 Å². The minimum Gasteiger partial charge on any atom is -0.314 e. The molecule has 1 N–H and O–H groups in total. The molecule has 2 nitrogen and oxygen atoms in total. The van der Waals surface area contributed by atoms with Crippen LogP contribution >= 0.6 is 0 Å². The van der Waals surface area contributed by atoms with E-state index in [1.54, 1.807) is 25.4 Å². The molecule has 1 aromatic rings. The summed E-state index contributed by atoms with van der Waals surface area (Å²) in [7, 11) is 0. The fourth-order valence-electron chi connectivity index (χ4n) is 2.35. The number of rotatable bonds is 3. The molecular weight excluding hydrogens is 203 g/mol. The van der Waals surface area contributed by atoms with Gasteiger partial charge in [0.1, 0.15) is 5.67 Å². The van der Waals surface area contributed by atoms with Gasteiger partial charge >= 0.3 is 0 Å². The van der Waals surface area contributed by atoms with Gasteiger partial charge in [0.25, 0.3) is 0 Å². The van der Waals surface area contributed by atoms with Crippen LogP contribution in [0.1, 0.15) is 38.2 Å². The first-order valence-corrected chi connectivity index (χ1v) is 6.01. The number of piperidine rings is 1. The maximum Gasteiger partial charge on any atom is 0.136 e. The van der Waals surface area contributed by atoms with Crippen LogP contribution in [0.5, 0.6) is 0 Å². The van der Waals surface area contributed by atoms with Crippen molar-refractivity contribution < 1.29 is 4.39 Å². The Kier molecular flexibility index (Phi) is 3.54. The molecule has 0 spiro atoms. The molecule has 1 saturated heterocycles. The average molecular weight is 222 g/mol. The van der Waals surface area contributed by atoms with Crippen LogP contribution in [0.25, 0.3) is 0 Å². The second-order valence-electron chi connectivity index (χ2n) is 4.79. The molecule has 2 heterocycles. The van der Waals surface area contributed by atoms with Gasteiger partial charge in [-0.1, -0.05) is 12.5 Å². The quantitative estimate of drug-likeness (QED) is 0.850. The van der Waals surface area contributed by atoms with E-state index in [4.69, 9.17) is 0 Å². The van der Waals surface area contributed by atoms with E-state index in [0.717, 1.165) is 13.0 Å². The Morgan fingerprint density at radius 3 is 3.06 bits per heavy atom. The van der Waals surface area contributed by atoms with E-state index >= 15 is 0 Å². The Balaban J connectivity index is 2.01. The lowest BCUT2D eigenvalue weighted by Gasteiger charge is -2.30. The Labute approximate surface area is 96.3 Å². The van der Waals surface area contributed by atoms with Crippen LogP contribution in [-0.4, -0.2) is 17.6 Å².